The molecular formula is C10H15F9OSi. The summed E-state index contributed by atoms with van der Waals surface area (Å²) >= 11 is 0. The lowest BCUT2D eigenvalue weighted by atomic mass is 9.97. The molecule has 0 aliphatic heterocycles. The van der Waals surface area contributed by atoms with Gasteiger partial charge in [0.05, 0.1) is 0 Å². The Hall–Kier alpha value is -0.453. The van der Waals surface area contributed by atoms with E-state index in [4.69, 9.17) is 5.11 Å². The maximum atomic E-state index is 13.2. The fourth-order valence-corrected chi connectivity index (χ4v) is 2.49. The van der Waals surface area contributed by atoms with Crippen LogP contribution in [0.2, 0.25) is 25.7 Å². The predicted molar refractivity (Wildman–Crippen MR) is 59.7 cm³/mol. The summed E-state index contributed by atoms with van der Waals surface area (Å²) in [7, 11) is -2.09. The van der Waals surface area contributed by atoms with Gasteiger partial charge in [-0.1, -0.05) is 25.7 Å². The smallest absolute Gasteiger partial charge is 0.387 e. The second-order valence-electron chi connectivity index (χ2n) is 5.88. The number of hydrogen-bond donors (Lipinski definition) is 1. The van der Waals surface area contributed by atoms with Gasteiger partial charge in [-0.05, 0) is 6.42 Å². The SMILES string of the molecule is C[Si](C)(C)CCC(O)C(F)(F)C(F)(F)C(F)(F)C(F)(F)F. The second kappa shape index (κ2) is 5.63. The quantitative estimate of drug-likeness (QED) is 0.551. The first-order valence-corrected chi connectivity index (χ1v) is 9.47. The van der Waals surface area contributed by atoms with Crippen LogP contribution in [0.3, 0.4) is 0 Å². The molecule has 0 amide bonds. The molecule has 11 heteroatoms. The zero-order chi connectivity index (χ0) is 17.5. The highest BCUT2D eigenvalue weighted by Gasteiger charge is 2.82. The molecule has 0 aliphatic rings. The Labute approximate surface area is 116 Å². The van der Waals surface area contributed by atoms with E-state index in [9.17, 15) is 39.5 Å². The Morgan fingerprint density at radius 3 is 1.48 bits per heavy atom. The largest absolute Gasteiger partial charge is 0.460 e. The van der Waals surface area contributed by atoms with Crippen molar-refractivity contribution < 1.29 is 44.6 Å². The van der Waals surface area contributed by atoms with Crippen molar-refractivity contribution in [3.05, 3.63) is 0 Å². The van der Waals surface area contributed by atoms with Crippen LogP contribution in [0.4, 0.5) is 39.5 Å². The van der Waals surface area contributed by atoms with Crippen LogP contribution in [0, 0.1) is 0 Å². The third kappa shape index (κ3) is 4.05. The van der Waals surface area contributed by atoms with Crippen LogP contribution in [0.5, 0.6) is 0 Å². The van der Waals surface area contributed by atoms with Gasteiger partial charge in [0.1, 0.15) is 6.10 Å². The highest BCUT2D eigenvalue weighted by Crippen LogP contribution is 2.54. The van der Waals surface area contributed by atoms with Crippen LogP contribution >= 0.6 is 0 Å². The minimum absolute atomic E-state index is 0.141. The number of aliphatic hydroxyl groups excluding tert-OH is 1. The van der Waals surface area contributed by atoms with E-state index >= 15 is 0 Å². The van der Waals surface area contributed by atoms with Crippen molar-refractivity contribution in [1.29, 1.82) is 0 Å². The summed E-state index contributed by atoms with van der Waals surface area (Å²) in [4.78, 5) is 0. The average molecular weight is 350 g/mol. The number of alkyl halides is 9. The molecule has 0 radical (unpaired) electrons. The van der Waals surface area contributed by atoms with Crippen molar-refractivity contribution >= 4 is 8.07 Å². The molecule has 0 bridgehead atoms. The number of rotatable bonds is 6. The van der Waals surface area contributed by atoms with Crippen LogP contribution in [-0.2, 0) is 0 Å². The topological polar surface area (TPSA) is 20.2 Å². The molecule has 0 aliphatic carbocycles. The van der Waals surface area contributed by atoms with E-state index in [1.54, 1.807) is 19.6 Å². The molecule has 0 aromatic rings. The molecule has 0 rings (SSSR count). The van der Waals surface area contributed by atoms with Crippen molar-refractivity contribution in [2.75, 3.05) is 0 Å². The molecular weight excluding hydrogens is 335 g/mol. The van der Waals surface area contributed by atoms with E-state index in [1.165, 1.54) is 0 Å². The molecule has 0 saturated carbocycles. The van der Waals surface area contributed by atoms with Crippen LogP contribution in [0.25, 0.3) is 0 Å². The summed E-state index contributed by atoms with van der Waals surface area (Å²) in [5, 5.41) is 9.00. The summed E-state index contributed by atoms with van der Waals surface area (Å²) in [5.41, 5.74) is 0. The maximum absolute atomic E-state index is 13.2. The lowest BCUT2D eigenvalue weighted by Crippen LogP contribution is -2.64. The average Bonchev–Trinajstić information content (AvgIpc) is 2.22. The van der Waals surface area contributed by atoms with E-state index in [0.29, 0.717) is 0 Å². The normalized spacial score (nSPS) is 17.0. The van der Waals surface area contributed by atoms with Crippen molar-refractivity contribution in [2.45, 2.75) is 62.2 Å². The van der Waals surface area contributed by atoms with Crippen molar-refractivity contribution in [3.8, 4) is 0 Å². The first-order chi connectivity index (χ1) is 8.88. The molecule has 0 fully saturated rings. The fourth-order valence-electron chi connectivity index (χ4n) is 1.35. The molecule has 0 spiro atoms. The molecule has 0 saturated heterocycles. The van der Waals surface area contributed by atoms with E-state index in [-0.39, 0.29) is 6.04 Å². The highest BCUT2D eigenvalue weighted by molar-refractivity contribution is 6.76. The van der Waals surface area contributed by atoms with Gasteiger partial charge < -0.3 is 5.11 Å². The third-order valence-electron chi connectivity index (χ3n) is 2.76. The zero-order valence-corrected chi connectivity index (χ0v) is 12.3. The lowest BCUT2D eigenvalue weighted by Gasteiger charge is -2.36. The van der Waals surface area contributed by atoms with Crippen LogP contribution in [-0.4, -0.2) is 43.2 Å². The highest BCUT2D eigenvalue weighted by atomic mass is 28.3. The van der Waals surface area contributed by atoms with Gasteiger partial charge in [-0.15, -0.1) is 0 Å². The van der Waals surface area contributed by atoms with Gasteiger partial charge in [0.15, 0.2) is 0 Å². The first kappa shape index (κ1) is 20.5. The molecule has 1 N–H and O–H groups in total. The monoisotopic (exact) mass is 350 g/mol. The van der Waals surface area contributed by atoms with Gasteiger partial charge in [-0.2, -0.15) is 39.5 Å². The van der Waals surface area contributed by atoms with Gasteiger partial charge in [0.2, 0.25) is 0 Å². The maximum Gasteiger partial charge on any atom is 0.460 e. The van der Waals surface area contributed by atoms with E-state index in [2.05, 4.69) is 0 Å². The zero-order valence-electron chi connectivity index (χ0n) is 11.3. The molecule has 0 heterocycles. The summed E-state index contributed by atoms with van der Waals surface area (Å²) < 4.78 is 113. The standard InChI is InChI=1S/C10H15F9OSi/c1-21(2,3)5-4-6(20)7(11,12)8(13,14)9(15,16)10(17,18)19/h6,20H,4-5H2,1-3H3. The molecule has 1 nitrogen and oxygen atoms in total. The minimum Gasteiger partial charge on any atom is -0.387 e. The van der Waals surface area contributed by atoms with E-state index < -0.39 is 44.5 Å². The number of halogens is 9. The van der Waals surface area contributed by atoms with Gasteiger partial charge >= 0.3 is 23.9 Å². The molecule has 21 heavy (non-hydrogen) atoms. The van der Waals surface area contributed by atoms with E-state index in [0.717, 1.165) is 0 Å². The number of aliphatic hydroxyl groups is 1. The Balaban J connectivity index is 5.38. The first-order valence-electron chi connectivity index (χ1n) is 5.76. The Morgan fingerprint density at radius 2 is 1.19 bits per heavy atom. The summed E-state index contributed by atoms with van der Waals surface area (Å²) in [6.45, 7) is 4.88. The fraction of sp³-hybridized carbons (Fsp3) is 1.00. The van der Waals surface area contributed by atoms with Gasteiger partial charge in [-0.25, -0.2) is 0 Å². The van der Waals surface area contributed by atoms with E-state index in [1.807, 2.05) is 0 Å². The predicted octanol–water partition coefficient (Wildman–Crippen LogP) is 4.54. The van der Waals surface area contributed by atoms with Crippen LogP contribution < -0.4 is 0 Å². The summed E-state index contributed by atoms with van der Waals surface area (Å²) in [6.07, 6.45) is -11.2. The Morgan fingerprint density at radius 1 is 0.810 bits per heavy atom. The van der Waals surface area contributed by atoms with Gasteiger partial charge in [-0.3, -0.25) is 0 Å². The lowest BCUT2D eigenvalue weighted by molar-refractivity contribution is -0.405. The van der Waals surface area contributed by atoms with Gasteiger partial charge in [0, 0.05) is 8.07 Å². The minimum atomic E-state index is -6.95. The van der Waals surface area contributed by atoms with Crippen molar-refractivity contribution in [3.63, 3.8) is 0 Å². The summed E-state index contributed by atoms with van der Waals surface area (Å²) in [5.74, 6) is -19.6. The molecule has 1 unspecified atom stereocenters. The molecule has 1 atom stereocenters. The van der Waals surface area contributed by atoms with Crippen molar-refractivity contribution in [2.24, 2.45) is 0 Å². The Bertz CT molecular complexity index is 359. The van der Waals surface area contributed by atoms with Crippen LogP contribution in [0.15, 0.2) is 0 Å². The van der Waals surface area contributed by atoms with Crippen molar-refractivity contribution in [1.82, 2.24) is 0 Å². The Kier molecular flexibility index (Phi) is 5.51. The number of hydrogen-bond acceptors (Lipinski definition) is 1. The van der Waals surface area contributed by atoms with Gasteiger partial charge in [0.25, 0.3) is 0 Å². The molecule has 0 aromatic heterocycles. The second-order valence-corrected chi connectivity index (χ2v) is 11.5. The molecule has 128 valence electrons. The van der Waals surface area contributed by atoms with Crippen LogP contribution in [0.1, 0.15) is 6.42 Å². The summed E-state index contributed by atoms with van der Waals surface area (Å²) in [6, 6.07) is -0.141. The molecule has 0 aromatic carbocycles. The third-order valence-corrected chi connectivity index (χ3v) is 4.54.